The van der Waals surface area contributed by atoms with Crippen molar-refractivity contribution in [3.63, 3.8) is 0 Å². The first kappa shape index (κ1) is 15.7. The molecule has 4 unspecified atom stereocenters. The Kier molecular flexibility index (Phi) is 3.82. The lowest BCUT2D eigenvalue weighted by Crippen LogP contribution is -2.49. The van der Waals surface area contributed by atoms with Gasteiger partial charge in [0.1, 0.15) is 6.17 Å². The van der Waals surface area contributed by atoms with E-state index in [1.807, 2.05) is 0 Å². The van der Waals surface area contributed by atoms with E-state index in [9.17, 15) is 14.6 Å². The fourth-order valence-corrected chi connectivity index (χ4v) is 6.56. The first-order chi connectivity index (χ1) is 11.0. The molecule has 0 bridgehead atoms. The van der Waals surface area contributed by atoms with E-state index in [1.165, 1.54) is 5.57 Å². The maximum atomic E-state index is 12.7. The van der Waals surface area contributed by atoms with Crippen LogP contribution in [-0.2, 0) is 0 Å². The molecule has 0 aromatic rings. The second-order valence-corrected chi connectivity index (χ2v) is 8.55. The van der Waals surface area contributed by atoms with Crippen molar-refractivity contribution in [2.45, 2.75) is 64.1 Å². The molecule has 0 spiro atoms. The number of rotatable bonds is 0. The highest BCUT2D eigenvalue weighted by Crippen LogP contribution is 2.61. The van der Waals surface area contributed by atoms with E-state index >= 15 is 0 Å². The molecule has 0 radical (unpaired) electrons. The standard InChI is InChI=1S/C20H27FO2/c1-20-8-6-16-15(17(20)4-5-18(20)23)3-2-12-10-14(22)11-13(7-9-21)19(12)16/h2,13-19,22-23H,3-6,8,10-11H2,1H3/t13-,14-,15?,16?,17?,18+,19?,20+/m1/s1. The van der Waals surface area contributed by atoms with Gasteiger partial charge in [0.25, 0.3) is 0 Å². The molecule has 2 N–H and O–H groups in total. The lowest BCUT2D eigenvalue weighted by molar-refractivity contribution is -0.0546. The van der Waals surface area contributed by atoms with Crippen LogP contribution >= 0.6 is 0 Å². The molecule has 3 fully saturated rings. The summed E-state index contributed by atoms with van der Waals surface area (Å²) in [5.74, 6) is 4.77. The molecule has 0 heterocycles. The van der Waals surface area contributed by atoms with Gasteiger partial charge in [-0.25, -0.2) is 0 Å². The van der Waals surface area contributed by atoms with Crippen molar-refractivity contribution < 1.29 is 14.6 Å². The highest BCUT2D eigenvalue weighted by atomic mass is 19.1. The first-order valence-electron chi connectivity index (χ1n) is 9.21. The summed E-state index contributed by atoms with van der Waals surface area (Å²) in [6, 6.07) is 0. The molecule has 0 saturated heterocycles. The van der Waals surface area contributed by atoms with Crippen LogP contribution in [0.2, 0.25) is 0 Å². The van der Waals surface area contributed by atoms with E-state index in [1.54, 1.807) is 6.17 Å². The van der Waals surface area contributed by atoms with Gasteiger partial charge in [-0.15, -0.1) is 4.39 Å². The van der Waals surface area contributed by atoms with E-state index < -0.39 is 0 Å². The number of hydrogen-bond donors (Lipinski definition) is 2. The molecule has 0 aliphatic heterocycles. The zero-order valence-electron chi connectivity index (χ0n) is 13.8. The second-order valence-electron chi connectivity index (χ2n) is 8.55. The Bertz CT molecular complexity index is 574. The summed E-state index contributed by atoms with van der Waals surface area (Å²) in [6.45, 7) is 2.27. The quantitative estimate of drug-likeness (QED) is 0.530. The van der Waals surface area contributed by atoms with Crippen molar-refractivity contribution in [1.82, 2.24) is 0 Å². The van der Waals surface area contributed by atoms with Crippen LogP contribution in [0.15, 0.2) is 11.6 Å². The summed E-state index contributed by atoms with van der Waals surface area (Å²) in [5.41, 5.74) is 1.39. The van der Waals surface area contributed by atoms with Crippen molar-refractivity contribution in [1.29, 1.82) is 0 Å². The third kappa shape index (κ3) is 2.29. The van der Waals surface area contributed by atoms with Crippen LogP contribution in [0.5, 0.6) is 0 Å². The summed E-state index contributed by atoms with van der Waals surface area (Å²) in [7, 11) is 0. The van der Waals surface area contributed by atoms with E-state index in [4.69, 9.17) is 0 Å². The Morgan fingerprint density at radius 2 is 2.04 bits per heavy atom. The normalized spacial score (nSPS) is 51.7. The molecule has 4 rings (SSSR count). The Hall–Kier alpha value is -0.850. The Balaban J connectivity index is 1.67. The van der Waals surface area contributed by atoms with Crippen LogP contribution in [0, 0.1) is 47.1 Å². The average molecular weight is 318 g/mol. The smallest absolute Gasteiger partial charge is 0.105 e. The third-order valence-electron chi connectivity index (χ3n) is 7.65. The number of halogens is 1. The molecule has 2 nitrogen and oxygen atoms in total. The monoisotopic (exact) mass is 318 g/mol. The molecule has 8 atom stereocenters. The van der Waals surface area contributed by atoms with E-state index in [2.05, 4.69) is 18.9 Å². The lowest BCUT2D eigenvalue weighted by atomic mass is 9.51. The number of aliphatic hydroxyl groups is 2. The van der Waals surface area contributed by atoms with Gasteiger partial charge in [-0.2, -0.15) is 0 Å². The van der Waals surface area contributed by atoms with Gasteiger partial charge < -0.3 is 10.2 Å². The van der Waals surface area contributed by atoms with Crippen molar-refractivity contribution >= 4 is 0 Å². The molecule has 126 valence electrons. The van der Waals surface area contributed by atoms with Gasteiger partial charge in [0.2, 0.25) is 0 Å². The van der Waals surface area contributed by atoms with Gasteiger partial charge in [0, 0.05) is 5.92 Å². The topological polar surface area (TPSA) is 40.5 Å². The fraction of sp³-hybridized carbons (Fsp3) is 0.800. The molecule has 4 aliphatic carbocycles. The summed E-state index contributed by atoms with van der Waals surface area (Å²) >= 11 is 0. The van der Waals surface area contributed by atoms with Gasteiger partial charge in [-0.1, -0.05) is 24.5 Å². The van der Waals surface area contributed by atoms with E-state index in [0.29, 0.717) is 30.1 Å². The number of fused-ring (bicyclic) bond motifs is 5. The van der Waals surface area contributed by atoms with Crippen molar-refractivity contribution in [2.24, 2.45) is 35.0 Å². The summed E-state index contributed by atoms with van der Waals surface area (Å²) < 4.78 is 12.7. The van der Waals surface area contributed by atoms with Crippen LogP contribution < -0.4 is 0 Å². The minimum Gasteiger partial charge on any atom is -0.393 e. The molecule has 3 saturated carbocycles. The van der Waals surface area contributed by atoms with E-state index in [-0.39, 0.29) is 23.5 Å². The number of allylic oxidation sites excluding steroid dienone is 1. The number of aliphatic hydroxyl groups excluding tert-OH is 2. The Labute approximate surface area is 138 Å². The predicted molar refractivity (Wildman–Crippen MR) is 86.9 cm³/mol. The summed E-state index contributed by atoms with van der Waals surface area (Å²) in [5, 5.41) is 20.6. The SMILES string of the molecule is C[C@]12CCC3C(CC=C4C[C@@H](O)C[C@@H](C#CF)C43)C1CC[C@@H]2O. The van der Waals surface area contributed by atoms with Crippen LogP contribution in [0.4, 0.5) is 4.39 Å². The molecule has 0 aromatic heterocycles. The molecule has 23 heavy (non-hydrogen) atoms. The van der Waals surface area contributed by atoms with Gasteiger partial charge >= 0.3 is 0 Å². The Morgan fingerprint density at radius 3 is 2.83 bits per heavy atom. The van der Waals surface area contributed by atoms with Crippen LogP contribution in [0.25, 0.3) is 0 Å². The second kappa shape index (κ2) is 5.60. The number of hydrogen-bond acceptors (Lipinski definition) is 2. The predicted octanol–water partition coefficient (Wildman–Crippen LogP) is 3.44. The Morgan fingerprint density at radius 1 is 1.22 bits per heavy atom. The van der Waals surface area contributed by atoms with Crippen LogP contribution in [0.3, 0.4) is 0 Å². The molecule has 0 amide bonds. The zero-order chi connectivity index (χ0) is 16.2. The van der Waals surface area contributed by atoms with Gasteiger partial charge in [-0.3, -0.25) is 0 Å². The fourth-order valence-electron chi connectivity index (χ4n) is 6.56. The van der Waals surface area contributed by atoms with Gasteiger partial charge in [0.05, 0.1) is 12.2 Å². The minimum atomic E-state index is -0.373. The van der Waals surface area contributed by atoms with Crippen LogP contribution in [0.1, 0.15) is 51.9 Å². The van der Waals surface area contributed by atoms with Crippen molar-refractivity contribution in [3.8, 4) is 12.1 Å². The maximum absolute atomic E-state index is 12.7. The van der Waals surface area contributed by atoms with Crippen LogP contribution in [-0.4, -0.2) is 22.4 Å². The molecule has 4 aliphatic rings. The van der Waals surface area contributed by atoms with Crippen molar-refractivity contribution in [2.75, 3.05) is 0 Å². The van der Waals surface area contributed by atoms with Gasteiger partial charge in [0.15, 0.2) is 0 Å². The first-order valence-corrected chi connectivity index (χ1v) is 9.21. The van der Waals surface area contributed by atoms with E-state index in [0.717, 1.165) is 38.5 Å². The highest BCUT2D eigenvalue weighted by molar-refractivity contribution is 5.25. The molecule has 0 aromatic carbocycles. The molecular formula is C20H27FO2. The minimum absolute atomic E-state index is 0.0431. The lowest BCUT2D eigenvalue weighted by Gasteiger charge is -2.54. The highest BCUT2D eigenvalue weighted by Gasteiger charge is 2.56. The third-order valence-corrected chi connectivity index (χ3v) is 7.65. The average Bonchev–Trinajstić information content (AvgIpc) is 2.82. The zero-order valence-corrected chi connectivity index (χ0v) is 13.8. The van der Waals surface area contributed by atoms with Crippen molar-refractivity contribution in [3.05, 3.63) is 11.6 Å². The largest absolute Gasteiger partial charge is 0.393 e. The molecular weight excluding hydrogens is 291 g/mol. The maximum Gasteiger partial charge on any atom is 0.105 e. The molecule has 3 heteroatoms. The summed E-state index contributed by atoms with van der Waals surface area (Å²) in [6.07, 6.45) is 10.0. The summed E-state index contributed by atoms with van der Waals surface area (Å²) in [4.78, 5) is 0. The van der Waals surface area contributed by atoms with Gasteiger partial charge in [-0.05, 0) is 74.0 Å².